The fourth-order valence-electron chi connectivity index (χ4n) is 6.31. The largest absolute Gasteiger partial charge is 0.480 e. The molecule has 4 aromatic rings. The van der Waals surface area contributed by atoms with Crippen LogP contribution in [0.3, 0.4) is 0 Å². The van der Waals surface area contributed by atoms with Gasteiger partial charge in [-0.15, -0.1) is 0 Å². The van der Waals surface area contributed by atoms with Crippen LogP contribution in [0.15, 0.2) is 94.3 Å². The van der Waals surface area contributed by atoms with Crippen molar-refractivity contribution in [3.05, 3.63) is 106 Å². The average molecular weight is 615 g/mol. The van der Waals surface area contributed by atoms with E-state index in [4.69, 9.17) is 16.0 Å². The quantitative estimate of drug-likeness (QED) is 0.304. The van der Waals surface area contributed by atoms with Crippen molar-refractivity contribution in [2.75, 3.05) is 25.0 Å². The molecular weight excluding hydrogens is 584 g/mol. The lowest BCUT2D eigenvalue weighted by molar-refractivity contribution is -0.144. The summed E-state index contributed by atoms with van der Waals surface area (Å²) in [6.45, 7) is 0.558. The predicted octanol–water partition coefficient (Wildman–Crippen LogP) is 5.81. The minimum atomic E-state index is -1.27. The number of amides is 4. The molecule has 3 heterocycles. The minimum absolute atomic E-state index is 0.0202. The molecular formula is C33H31ClN4O6. The van der Waals surface area contributed by atoms with Gasteiger partial charge in [-0.2, -0.15) is 0 Å². The Hall–Kier alpha value is -4.83. The monoisotopic (exact) mass is 614 g/mol. The molecule has 1 aromatic heterocycles. The number of carboxylic acids is 1. The second-order valence-electron chi connectivity index (χ2n) is 11.2. The van der Waals surface area contributed by atoms with Gasteiger partial charge >= 0.3 is 18.0 Å². The summed E-state index contributed by atoms with van der Waals surface area (Å²) in [4.78, 5) is 60.0. The minimum Gasteiger partial charge on any atom is -0.480 e. The highest BCUT2D eigenvalue weighted by Crippen LogP contribution is 2.37. The first-order chi connectivity index (χ1) is 21.2. The maximum absolute atomic E-state index is 14.3. The van der Waals surface area contributed by atoms with Crippen LogP contribution in [0.4, 0.5) is 21.0 Å². The van der Waals surface area contributed by atoms with Gasteiger partial charge in [0.2, 0.25) is 0 Å². The van der Waals surface area contributed by atoms with Gasteiger partial charge in [0.1, 0.15) is 5.58 Å². The molecule has 2 saturated heterocycles. The number of carbonyl (C=O) groups is 3. The molecule has 10 nitrogen and oxygen atoms in total. The van der Waals surface area contributed by atoms with Crippen molar-refractivity contribution in [3.63, 3.8) is 0 Å². The standard InChI is InChI=1S/C33H31ClN4O6/c1-35(19-22-20-44-28-13-12-23(34)17-26(28)30(22)39)32(42)37-18-21-14-15-36(29(31(40)41)27(37)16-21)33(43)38(24-8-4-2-5-9-24)25-10-6-3-7-11-25/h2-13,17,20-21,27,29H,14-16,18-19H2,1H3,(H,40,41)/t21?,27-,29+/m1/s1. The average Bonchev–Trinajstić information content (AvgIpc) is 3.33. The first kappa shape index (κ1) is 29.3. The van der Waals surface area contributed by atoms with Crippen LogP contribution in [0.2, 0.25) is 5.02 Å². The highest BCUT2D eigenvalue weighted by molar-refractivity contribution is 6.31. The fourth-order valence-corrected chi connectivity index (χ4v) is 6.49. The molecule has 2 aliphatic rings. The van der Waals surface area contributed by atoms with Crippen LogP contribution >= 0.6 is 11.6 Å². The Kier molecular flexibility index (Phi) is 8.01. The van der Waals surface area contributed by atoms with E-state index in [0.29, 0.717) is 46.8 Å². The number of carboxylic acid groups (broad SMARTS) is 1. The lowest BCUT2D eigenvalue weighted by Crippen LogP contribution is -2.60. The second kappa shape index (κ2) is 12.0. The number of hydrogen-bond donors (Lipinski definition) is 1. The number of halogens is 1. The molecule has 2 aliphatic heterocycles. The number of nitrogens with zero attached hydrogens (tertiary/aromatic N) is 4. The maximum Gasteiger partial charge on any atom is 0.329 e. The van der Waals surface area contributed by atoms with Crippen LogP contribution in [0.1, 0.15) is 18.4 Å². The van der Waals surface area contributed by atoms with E-state index in [-0.39, 0.29) is 30.0 Å². The summed E-state index contributed by atoms with van der Waals surface area (Å²) >= 11 is 6.08. The molecule has 1 unspecified atom stereocenters. The smallest absolute Gasteiger partial charge is 0.329 e. The summed E-state index contributed by atoms with van der Waals surface area (Å²) in [6.07, 6.45) is 2.33. The summed E-state index contributed by atoms with van der Waals surface area (Å²) < 4.78 is 5.62. The number of benzene rings is 3. The lowest BCUT2D eigenvalue weighted by Gasteiger charge is -2.40. The molecule has 226 valence electrons. The molecule has 44 heavy (non-hydrogen) atoms. The Morgan fingerprint density at radius 2 is 1.61 bits per heavy atom. The third-order valence-corrected chi connectivity index (χ3v) is 8.65. The SMILES string of the molecule is CN(Cc1coc2ccc(Cl)cc2c1=O)C(=O)N1CC2CCN(C(=O)N(c3ccccc3)c3ccccc3)[C@H](C(=O)O)[C@H]1C2. The van der Waals surface area contributed by atoms with Gasteiger partial charge in [-0.25, -0.2) is 14.4 Å². The molecule has 3 atom stereocenters. The molecule has 0 spiro atoms. The highest BCUT2D eigenvalue weighted by atomic mass is 35.5. The molecule has 1 N–H and O–H groups in total. The molecule has 3 aromatic carbocycles. The number of fused-ring (bicyclic) bond motifs is 3. The van der Waals surface area contributed by atoms with E-state index in [9.17, 15) is 24.3 Å². The molecule has 0 radical (unpaired) electrons. The Labute approximate surface area is 258 Å². The number of para-hydroxylation sites is 2. The molecule has 6 rings (SSSR count). The molecule has 0 aliphatic carbocycles. The van der Waals surface area contributed by atoms with E-state index >= 15 is 0 Å². The predicted molar refractivity (Wildman–Crippen MR) is 166 cm³/mol. The second-order valence-corrected chi connectivity index (χ2v) is 11.7. The zero-order chi connectivity index (χ0) is 31.0. The van der Waals surface area contributed by atoms with Crippen molar-refractivity contribution < 1.29 is 23.9 Å². The number of hydrogen-bond acceptors (Lipinski definition) is 5. The fraction of sp³-hybridized carbons (Fsp3) is 0.273. The number of rotatable bonds is 5. The van der Waals surface area contributed by atoms with Crippen LogP contribution in [-0.2, 0) is 11.3 Å². The van der Waals surface area contributed by atoms with E-state index in [1.54, 1.807) is 43.4 Å². The van der Waals surface area contributed by atoms with Crippen LogP contribution in [0.25, 0.3) is 11.0 Å². The molecule has 4 amide bonds. The maximum atomic E-state index is 14.3. The van der Waals surface area contributed by atoms with E-state index in [2.05, 4.69) is 0 Å². The number of urea groups is 2. The summed E-state index contributed by atoms with van der Waals surface area (Å²) in [5.74, 6) is -1.16. The van der Waals surface area contributed by atoms with E-state index in [0.717, 1.165) is 0 Å². The van der Waals surface area contributed by atoms with Crippen LogP contribution in [-0.4, -0.2) is 70.1 Å². The van der Waals surface area contributed by atoms with Crippen molar-refractivity contribution in [2.24, 2.45) is 5.92 Å². The van der Waals surface area contributed by atoms with Gasteiger partial charge in [0.05, 0.1) is 41.2 Å². The Morgan fingerprint density at radius 1 is 0.955 bits per heavy atom. The normalized spacial score (nSPS) is 19.5. The first-order valence-electron chi connectivity index (χ1n) is 14.4. The van der Waals surface area contributed by atoms with E-state index < -0.39 is 30.1 Å². The lowest BCUT2D eigenvalue weighted by atomic mass is 10.0. The Morgan fingerprint density at radius 3 is 2.25 bits per heavy atom. The summed E-state index contributed by atoms with van der Waals surface area (Å²) in [6, 6.07) is 20.0. The summed E-state index contributed by atoms with van der Waals surface area (Å²) in [5, 5.41) is 11.2. The van der Waals surface area contributed by atoms with Gasteiger partial charge < -0.3 is 24.2 Å². The zero-order valence-corrected chi connectivity index (χ0v) is 24.8. The van der Waals surface area contributed by atoms with Crippen molar-refractivity contribution in [3.8, 4) is 0 Å². The molecule has 2 bridgehead atoms. The van der Waals surface area contributed by atoms with Gasteiger partial charge in [0.25, 0.3) is 0 Å². The van der Waals surface area contributed by atoms with Crippen molar-refractivity contribution in [1.82, 2.24) is 14.7 Å². The third kappa shape index (κ3) is 5.48. The van der Waals surface area contributed by atoms with Gasteiger partial charge in [0, 0.05) is 25.2 Å². The van der Waals surface area contributed by atoms with Gasteiger partial charge in [-0.05, 0) is 61.2 Å². The van der Waals surface area contributed by atoms with Crippen LogP contribution in [0.5, 0.6) is 0 Å². The van der Waals surface area contributed by atoms with Crippen molar-refractivity contribution >= 4 is 52.0 Å². The van der Waals surface area contributed by atoms with Gasteiger partial charge in [-0.3, -0.25) is 9.69 Å². The van der Waals surface area contributed by atoms with E-state index in [1.807, 2.05) is 36.4 Å². The molecule has 11 heteroatoms. The molecule has 2 fully saturated rings. The van der Waals surface area contributed by atoms with Crippen molar-refractivity contribution in [2.45, 2.75) is 31.5 Å². The Balaban J connectivity index is 1.28. The first-order valence-corrected chi connectivity index (χ1v) is 14.8. The van der Waals surface area contributed by atoms with Crippen molar-refractivity contribution in [1.29, 1.82) is 0 Å². The highest BCUT2D eigenvalue weighted by Gasteiger charge is 2.50. The summed E-state index contributed by atoms with van der Waals surface area (Å²) in [7, 11) is 1.56. The Bertz CT molecular complexity index is 1730. The zero-order valence-electron chi connectivity index (χ0n) is 24.0. The van der Waals surface area contributed by atoms with E-state index in [1.165, 1.54) is 31.9 Å². The van der Waals surface area contributed by atoms with Crippen LogP contribution in [0, 0.1) is 5.92 Å². The van der Waals surface area contributed by atoms with Gasteiger partial charge in [-0.1, -0.05) is 48.0 Å². The van der Waals surface area contributed by atoms with Gasteiger partial charge in [0.15, 0.2) is 11.5 Å². The number of aliphatic carboxylic acids is 1. The topological polar surface area (TPSA) is 115 Å². The third-order valence-electron chi connectivity index (χ3n) is 8.41. The summed E-state index contributed by atoms with van der Waals surface area (Å²) in [5.41, 5.74) is 1.56. The number of likely N-dealkylation sites (tertiary alicyclic amines) is 2. The molecule has 0 saturated carbocycles. The number of carbonyl (C=O) groups excluding carboxylic acids is 2. The van der Waals surface area contributed by atoms with Crippen LogP contribution < -0.4 is 10.3 Å². The number of anilines is 2.